The van der Waals surface area contributed by atoms with Gasteiger partial charge < -0.3 is 4.74 Å². The molecule has 98 valence electrons. The number of benzene rings is 1. The molecule has 1 heterocycles. The zero-order valence-electron chi connectivity index (χ0n) is 11.1. The smallest absolute Gasteiger partial charge is 0.196 e. The van der Waals surface area contributed by atoms with Crippen molar-refractivity contribution in [2.75, 3.05) is 7.11 Å². The number of hydrogen-bond acceptors (Lipinski definition) is 3. The molecule has 19 heavy (non-hydrogen) atoms. The summed E-state index contributed by atoms with van der Waals surface area (Å²) in [6.07, 6.45) is 5.46. The molecule has 1 fully saturated rings. The summed E-state index contributed by atoms with van der Waals surface area (Å²) in [4.78, 5) is 17.2. The second-order valence-electron chi connectivity index (χ2n) is 5.12. The van der Waals surface area contributed by atoms with E-state index in [1.165, 1.54) is 0 Å². The summed E-state index contributed by atoms with van der Waals surface area (Å²) < 4.78 is 5.59. The number of pyridine rings is 1. The van der Waals surface area contributed by atoms with Crippen molar-refractivity contribution >= 4 is 16.7 Å². The van der Waals surface area contributed by atoms with Gasteiger partial charge in [0.05, 0.1) is 5.52 Å². The maximum atomic E-state index is 12.8. The molecule has 0 bridgehead atoms. The topological polar surface area (TPSA) is 39.2 Å². The Morgan fingerprint density at radius 1 is 1.21 bits per heavy atom. The summed E-state index contributed by atoms with van der Waals surface area (Å²) in [7, 11) is 1.64. The minimum atomic E-state index is -0.633. The predicted molar refractivity (Wildman–Crippen MR) is 74.3 cm³/mol. The van der Waals surface area contributed by atoms with Crippen molar-refractivity contribution in [3.05, 3.63) is 42.1 Å². The van der Waals surface area contributed by atoms with Crippen LogP contribution in [0, 0.1) is 0 Å². The molecule has 1 saturated carbocycles. The molecule has 1 aromatic heterocycles. The molecule has 1 aromatic carbocycles. The fourth-order valence-corrected chi connectivity index (χ4v) is 3.00. The standard InChI is InChI=1S/C16H17NO2/c1-19-16(9-2-3-10-16)15(18)13-8-4-6-12-7-5-11-17-14(12)13/h4-8,11H,2-3,9-10H2,1H3. The van der Waals surface area contributed by atoms with Crippen LogP contribution in [0.15, 0.2) is 36.5 Å². The zero-order chi connectivity index (χ0) is 13.3. The van der Waals surface area contributed by atoms with Gasteiger partial charge in [0, 0.05) is 24.3 Å². The van der Waals surface area contributed by atoms with Crippen LogP contribution >= 0.6 is 0 Å². The third-order valence-corrected chi connectivity index (χ3v) is 4.09. The van der Waals surface area contributed by atoms with Crippen molar-refractivity contribution in [2.24, 2.45) is 0 Å². The van der Waals surface area contributed by atoms with Crippen LogP contribution in [-0.4, -0.2) is 23.5 Å². The molecule has 0 atom stereocenters. The highest BCUT2D eigenvalue weighted by Crippen LogP contribution is 2.36. The van der Waals surface area contributed by atoms with Gasteiger partial charge in [0.15, 0.2) is 5.78 Å². The Hall–Kier alpha value is -1.74. The lowest BCUT2D eigenvalue weighted by Gasteiger charge is -2.26. The second kappa shape index (κ2) is 4.74. The number of para-hydroxylation sites is 1. The lowest BCUT2D eigenvalue weighted by Crippen LogP contribution is -2.37. The van der Waals surface area contributed by atoms with Gasteiger partial charge >= 0.3 is 0 Å². The van der Waals surface area contributed by atoms with E-state index in [1.807, 2.05) is 30.3 Å². The number of Topliss-reactive ketones (excluding diaryl/α,β-unsaturated/α-hetero) is 1. The summed E-state index contributed by atoms with van der Waals surface area (Å²) in [6.45, 7) is 0. The van der Waals surface area contributed by atoms with Crippen LogP contribution < -0.4 is 0 Å². The molecule has 1 aliphatic carbocycles. The SMILES string of the molecule is COC1(C(=O)c2cccc3cccnc23)CCCC1. The molecule has 0 saturated heterocycles. The normalized spacial score (nSPS) is 17.7. The molecular formula is C16H17NO2. The number of aromatic nitrogens is 1. The molecule has 0 amide bonds. The molecule has 0 radical (unpaired) electrons. The largest absolute Gasteiger partial charge is 0.370 e. The molecule has 2 aromatic rings. The number of carbonyl (C=O) groups excluding carboxylic acids is 1. The Morgan fingerprint density at radius 3 is 2.68 bits per heavy atom. The van der Waals surface area contributed by atoms with Crippen molar-refractivity contribution in [1.82, 2.24) is 4.98 Å². The lowest BCUT2D eigenvalue weighted by molar-refractivity contribution is 0.00615. The van der Waals surface area contributed by atoms with Crippen molar-refractivity contribution in [2.45, 2.75) is 31.3 Å². The Labute approximate surface area is 112 Å². The molecule has 3 nitrogen and oxygen atoms in total. The third-order valence-electron chi connectivity index (χ3n) is 4.09. The van der Waals surface area contributed by atoms with E-state index in [0.717, 1.165) is 36.6 Å². The minimum absolute atomic E-state index is 0.0804. The number of ketones is 1. The van der Waals surface area contributed by atoms with Gasteiger partial charge in [0.25, 0.3) is 0 Å². The maximum Gasteiger partial charge on any atom is 0.196 e. The van der Waals surface area contributed by atoms with Crippen LogP contribution in [0.25, 0.3) is 10.9 Å². The Morgan fingerprint density at radius 2 is 1.95 bits per heavy atom. The first kappa shape index (κ1) is 12.3. The number of rotatable bonds is 3. The van der Waals surface area contributed by atoms with Gasteiger partial charge in [-0.05, 0) is 37.8 Å². The quantitative estimate of drug-likeness (QED) is 0.789. The average Bonchev–Trinajstić information content (AvgIpc) is 2.96. The van der Waals surface area contributed by atoms with Crippen LogP contribution in [0.1, 0.15) is 36.0 Å². The van der Waals surface area contributed by atoms with Crippen molar-refractivity contribution in [3.8, 4) is 0 Å². The van der Waals surface area contributed by atoms with E-state index in [9.17, 15) is 4.79 Å². The summed E-state index contributed by atoms with van der Waals surface area (Å²) in [5, 5.41) is 0.998. The highest BCUT2D eigenvalue weighted by atomic mass is 16.5. The van der Waals surface area contributed by atoms with E-state index in [2.05, 4.69) is 4.98 Å². The number of nitrogens with zero attached hydrogens (tertiary/aromatic N) is 1. The molecule has 1 aliphatic rings. The van der Waals surface area contributed by atoms with E-state index < -0.39 is 5.60 Å². The van der Waals surface area contributed by atoms with Crippen LogP contribution in [0.2, 0.25) is 0 Å². The van der Waals surface area contributed by atoms with E-state index in [1.54, 1.807) is 13.3 Å². The first-order valence-corrected chi connectivity index (χ1v) is 6.70. The van der Waals surface area contributed by atoms with Crippen molar-refractivity contribution < 1.29 is 9.53 Å². The molecule has 0 unspecified atom stereocenters. The van der Waals surface area contributed by atoms with Gasteiger partial charge in [-0.2, -0.15) is 0 Å². The van der Waals surface area contributed by atoms with Gasteiger partial charge in [-0.3, -0.25) is 9.78 Å². The predicted octanol–water partition coefficient (Wildman–Crippen LogP) is 3.38. The van der Waals surface area contributed by atoms with Gasteiger partial charge in [-0.1, -0.05) is 18.2 Å². The number of hydrogen-bond donors (Lipinski definition) is 0. The van der Waals surface area contributed by atoms with Crippen LogP contribution in [0.4, 0.5) is 0 Å². The third kappa shape index (κ3) is 1.94. The van der Waals surface area contributed by atoms with E-state index in [-0.39, 0.29) is 5.78 Å². The summed E-state index contributed by atoms with van der Waals surface area (Å²) in [5.41, 5.74) is 0.825. The van der Waals surface area contributed by atoms with Crippen LogP contribution in [-0.2, 0) is 4.74 Å². The minimum Gasteiger partial charge on any atom is -0.370 e. The Bertz CT molecular complexity index is 610. The van der Waals surface area contributed by atoms with Crippen molar-refractivity contribution in [1.29, 1.82) is 0 Å². The number of carbonyl (C=O) groups is 1. The van der Waals surface area contributed by atoms with E-state index >= 15 is 0 Å². The first-order valence-electron chi connectivity index (χ1n) is 6.70. The molecule has 0 spiro atoms. The van der Waals surface area contributed by atoms with E-state index in [4.69, 9.17) is 4.74 Å². The number of ether oxygens (including phenoxy) is 1. The second-order valence-corrected chi connectivity index (χ2v) is 5.12. The molecular weight excluding hydrogens is 238 g/mol. The summed E-state index contributed by atoms with van der Waals surface area (Å²) in [6, 6.07) is 9.62. The molecule has 3 heteroatoms. The molecule has 3 rings (SSSR count). The fraction of sp³-hybridized carbons (Fsp3) is 0.375. The molecule has 0 aliphatic heterocycles. The maximum absolute atomic E-state index is 12.8. The van der Waals surface area contributed by atoms with Crippen LogP contribution in [0.5, 0.6) is 0 Å². The Balaban J connectivity index is 2.11. The van der Waals surface area contributed by atoms with Gasteiger partial charge in [-0.25, -0.2) is 0 Å². The van der Waals surface area contributed by atoms with Crippen LogP contribution in [0.3, 0.4) is 0 Å². The number of methoxy groups -OCH3 is 1. The summed E-state index contributed by atoms with van der Waals surface area (Å²) >= 11 is 0. The highest BCUT2D eigenvalue weighted by molar-refractivity contribution is 6.10. The molecule has 0 N–H and O–H groups in total. The van der Waals surface area contributed by atoms with Gasteiger partial charge in [-0.15, -0.1) is 0 Å². The highest BCUT2D eigenvalue weighted by Gasteiger charge is 2.42. The van der Waals surface area contributed by atoms with Gasteiger partial charge in [0.2, 0.25) is 0 Å². The van der Waals surface area contributed by atoms with Gasteiger partial charge in [0.1, 0.15) is 5.60 Å². The van der Waals surface area contributed by atoms with E-state index in [0.29, 0.717) is 5.56 Å². The monoisotopic (exact) mass is 255 g/mol. The summed E-state index contributed by atoms with van der Waals surface area (Å²) in [5.74, 6) is 0.0804. The lowest BCUT2D eigenvalue weighted by atomic mass is 9.90. The first-order chi connectivity index (χ1) is 9.27. The fourth-order valence-electron chi connectivity index (χ4n) is 3.00. The number of fused-ring (bicyclic) bond motifs is 1. The van der Waals surface area contributed by atoms with Crippen molar-refractivity contribution in [3.63, 3.8) is 0 Å². The zero-order valence-corrected chi connectivity index (χ0v) is 11.1. The Kier molecular flexibility index (Phi) is 3.07. The average molecular weight is 255 g/mol.